The van der Waals surface area contributed by atoms with Gasteiger partial charge in [-0.3, -0.25) is 9.69 Å². The number of benzene rings is 4. The average Bonchev–Trinajstić information content (AvgIpc) is 3.79. The molecule has 11 heteroatoms. The zero-order valence-electron chi connectivity index (χ0n) is 32.0. The first-order valence-corrected chi connectivity index (χ1v) is 19.8. The molecule has 2 fully saturated rings. The number of fused-ring (bicyclic) bond motifs is 2. The van der Waals surface area contributed by atoms with Gasteiger partial charge in [-0.2, -0.15) is 15.2 Å². The zero-order chi connectivity index (χ0) is 38.3. The van der Waals surface area contributed by atoms with Crippen molar-refractivity contribution in [2.45, 2.75) is 70.6 Å². The summed E-state index contributed by atoms with van der Waals surface area (Å²) in [6.45, 7) is 7.06. The Kier molecular flexibility index (Phi) is 11.6. The van der Waals surface area contributed by atoms with Crippen molar-refractivity contribution in [3.8, 4) is 17.8 Å². The summed E-state index contributed by atoms with van der Waals surface area (Å²) in [6, 6.07) is 35.4. The number of aromatic nitrogens is 2. The van der Waals surface area contributed by atoms with Crippen molar-refractivity contribution in [1.29, 1.82) is 5.26 Å². The van der Waals surface area contributed by atoms with Gasteiger partial charge < -0.3 is 29.3 Å². The molecule has 3 atom stereocenters. The van der Waals surface area contributed by atoms with E-state index in [2.05, 4.69) is 81.5 Å². The summed E-state index contributed by atoms with van der Waals surface area (Å²) >= 11 is 0. The number of ether oxygens (including phenoxy) is 3. The zero-order valence-corrected chi connectivity index (χ0v) is 32.0. The van der Waals surface area contributed by atoms with Gasteiger partial charge in [0.15, 0.2) is 0 Å². The highest BCUT2D eigenvalue weighted by Crippen LogP contribution is 2.37. The van der Waals surface area contributed by atoms with Gasteiger partial charge in [-0.25, -0.2) is 0 Å². The van der Waals surface area contributed by atoms with Crippen LogP contribution in [0.5, 0.6) is 11.8 Å². The van der Waals surface area contributed by atoms with E-state index in [0.717, 1.165) is 82.8 Å². The minimum atomic E-state index is -0.294. The quantitative estimate of drug-likeness (QED) is 0.134. The van der Waals surface area contributed by atoms with Crippen molar-refractivity contribution in [3.63, 3.8) is 0 Å². The minimum absolute atomic E-state index is 0.101. The van der Waals surface area contributed by atoms with Gasteiger partial charge in [-0.1, -0.05) is 84.9 Å². The van der Waals surface area contributed by atoms with E-state index in [9.17, 15) is 10.1 Å². The summed E-state index contributed by atoms with van der Waals surface area (Å²) < 4.78 is 18.5. The Morgan fingerprint density at radius 2 is 1.70 bits per heavy atom. The van der Waals surface area contributed by atoms with Crippen molar-refractivity contribution < 1.29 is 19.0 Å². The summed E-state index contributed by atoms with van der Waals surface area (Å²) in [4.78, 5) is 29.9. The summed E-state index contributed by atoms with van der Waals surface area (Å²) in [5.41, 5.74) is 5.21. The number of carbonyl (C=O) groups is 1. The summed E-state index contributed by atoms with van der Waals surface area (Å²) in [6.07, 6.45) is 3.09. The number of anilines is 2. The molecule has 11 nitrogen and oxygen atoms in total. The molecule has 3 aliphatic rings. The highest BCUT2D eigenvalue weighted by molar-refractivity contribution is 5.96. The summed E-state index contributed by atoms with van der Waals surface area (Å²) in [5, 5.41) is 15.7. The van der Waals surface area contributed by atoms with Crippen LogP contribution in [0.3, 0.4) is 0 Å². The Morgan fingerprint density at radius 3 is 2.46 bits per heavy atom. The van der Waals surface area contributed by atoms with Crippen molar-refractivity contribution in [3.05, 3.63) is 119 Å². The number of nitrogens with zero attached hydrogens (tertiary/aromatic N) is 6. The van der Waals surface area contributed by atoms with Crippen molar-refractivity contribution in [2.75, 3.05) is 49.1 Å². The Morgan fingerprint density at radius 1 is 0.929 bits per heavy atom. The van der Waals surface area contributed by atoms with E-state index in [0.29, 0.717) is 38.8 Å². The molecule has 0 bridgehead atoms. The van der Waals surface area contributed by atoms with Crippen LogP contribution in [0.2, 0.25) is 0 Å². The molecule has 0 aliphatic carbocycles. The lowest BCUT2D eigenvalue weighted by atomic mass is 10.0. The number of hydrogen-bond donors (Lipinski definition) is 1. The first kappa shape index (κ1) is 37.2. The summed E-state index contributed by atoms with van der Waals surface area (Å²) in [5.74, 6) is 1.39. The normalized spacial score (nSPS) is 18.9. The molecule has 2 saturated heterocycles. The largest absolute Gasteiger partial charge is 0.489 e. The van der Waals surface area contributed by atoms with Gasteiger partial charge in [0, 0.05) is 61.0 Å². The fourth-order valence-electron chi connectivity index (χ4n) is 8.16. The minimum Gasteiger partial charge on any atom is -0.489 e. The predicted molar refractivity (Wildman–Crippen MR) is 217 cm³/mol. The maximum atomic E-state index is 13.0. The first-order valence-electron chi connectivity index (χ1n) is 19.8. The fourth-order valence-corrected chi connectivity index (χ4v) is 8.16. The van der Waals surface area contributed by atoms with E-state index in [1.807, 2.05) is 48.5 Å². The van der Waals surface area contributed by atoms with Crippen LogP contribution >= 0.6 is 0 Å². The van der Waals surface area contributed by atoms with Crippen LogP contribution in [0.4, 0.5) is 11.5 Å². The third kappa shape index (κ3) is 8.72. The van der Waals surface area contributed by atoms with E-state index in [-0.39, 0.29) is 43.7 Å². The highest BCUT2D eigenvalue weighted by atomic mass is 16.5. The van der Waals surface area contributed by atoms with E-state index in [4.69, 9.17) is 24.2 Å². The smallest absolute Gasteiger partial charge is 0.320 e. The second-order valence-corrected chi connectivity index (χ2v) is 15.0. The molecule has 8 rings (SSSR count). The molecule has 0 radical (unpaired) electrons. The second-order valence-electron chi connectivity index (χ2n) is 15.0. The van der Waals surface area contributed by atoms with Crippen LogP contribution in [0.1, 0.15) is 48.6 Å². The van der Waals surface area contributed by atoms with Crippen LogP contribution < -0.4 is 24.6 Å². The third-order valence-electron chi connectivity index (χ3n) is 11.2. The summed E-state index contributed by atoms with van der Waals surface area (Å²) in [7, 11) is 0. The molecule has 1 aromatic heterocycles. The highest BCUT2D eigenvalue weighted by Gasteiger charge is 2.34. The number of hydrogen-bond acceptors (Lipinski definition) is 11. The lowest BCUT2D eigenvalue weighted by Crippen LogP contribution is -2.55. The van der Waals surface area contributed by atoms with E-state index >= 15 is 0 Å². The Balaban J connectivity index is 1.05. The molecule has 288 valence electrons. The standard InChI is InChI=1S/C45H49N7O4/c1-32(40-17-10-21-47-40)56-45-48-41-28-51(42-26-37(25-35-15-8-9-16-38(35)42)54-30-33-11-4-2-5-12-33)22-19-39(41)44(49-45)52-24-23-50(36(27-52)18-20-46)29-43(53)55-31-34-13-6-3-7-14-34/h2-9,11-16,25-26,32,36,40,47H,10,17-19,21-24,27-31H2,1H3/t32-,36+,40?/m1/s1. The molecular formula is C45H49N7O4. The van der Waals surface area contributed by atoms with Crippen molar-refractivity contribution in [2.24, 2.45) is 0 Å². The number of piperazine rings is 1. The van der Waals surface area contributed by atoms with Gasteiger partial charge in [0.1, 0.15) is 30.9 Å². The van der Waals surface area contributed by atoms with Crippen LogP contribution in [0.15, 0.2) is 97.1 Å². The van der Waals surface area contributed by atoms with Gasteiger partial charge >= 0.3 is 12.0 Å². The van der Waals surface area contributed by atoms with Crippen LogP contribution in [0, 0.1) is 11.3 Å². The van der Waals surface area contributed by atoms with Gasteiger partial charge in [0.25, 0.3) is 0 Å². The molecule has 4 heterocycles. The molecule has 5 aromatic rings. The lowest BCUT2D eigenvalue weighted by Gasteiger charge is -2.42. The van der Waals surface area contributed by atoms with Crippen molar-refractivity contribution in [1.82, 2.24) is 20.2 Å². The Labute approximate surface area is 328 Å². The first-order chi connectivity index (χ1) is 27.5. The number of nitriles is 1. The third-order valence-corrected chi connectivity index (χ3v) is 11.2. The molecule has 56 heavy (non-hydrogen) atoms. The van der Waals surface area contributed by atoms with Gasteiger partial charge in [0.05, 0.1) is 31.3 Å². The van der Waals surface area contributed by atoms with E-state index < -0.39 is 0 Å². The van der Waals surface area contributed by atoms with Gasteiger partial charge in [-0.05, 0) is 55.3 Å². The lowest BCUT2D eigenvalue weighted by molar-refractivity contribution is -0.147. The molecule has 3 aliphatic heterocycles. The number of rotatable bonds is 13. The predicted octanol–water partition coefficient (Wildman–Crippen LogP) is 6.44. The fraction of sp³-hybridized carbons (Fsp3) is 0.378. The van der Waals surface area contributed by atoms with Crippen LogP contribution in [0.25, 0.3) is 10.8 Å². The molecule has 1 N–H and O–H groups in total. The molecule has 0 saturated carbocycles. The molecule has 1 unspecified atom stereocenters. The molecular weight excluding hydrogens is 703 g/mol. The van der Waals surface area contributed by atoms with E-state index in [1.165, 1.54) is 0 Å². The van der Waals surface area contributed by atoms with Crippen LogP contribution in [-0.4, -0.2) is 78.3 Å². The SMILES string of the molecule is C[C@@H](Oc1nc2c(c(N3CCN(CC(=O)OCc4ccccc4)[C@@H](CC#N)C3)n1)CCN(c1cc(OCc3ccccc3)cc3ccccc13)C2)C1CCCN1. The van der Waals surface area contributed by atoms with Gasteiger partial charge in [0.2, 0.25) is 0 Å². The molecule has 0 spiro atoms. The Hall–Kier alpha value is -5.70. The maximum absolute atomic E-state index is 13.0. The average molecular weight is 752 g/mol. The molecule has 0 amide bonds. The monoisotopic (exact) mass is 751 g/mol. The van der Waals surface area contributed by atoms with Crippen LogP contribution in [-0.2, 0) is 35.7 Å². The molecule has 4 aromatic carbocycles. The number of esters is 1. The number of nitrogens with one attached hydrogen (secondary N) is 1. The Bertz CT molecular complexity index is 2160. The topological polar surface area (TPSA) is 116 Å². The van der Waals surface area contributed by atoms with Gasteiger partial charge in [-0.15, -0.1) is 0 Å². The maximum Gasteiger partial charge on any atom is 0.320 e. The van der Waals surface area contributed by atoms with Crippen molar-refractivity contribution >= 4 is 28.2 Å². The second kappa shape index (κ2) is 17.4. The van der Waals surface area contributed by atoms with E-state index in [1.54, 1.807) is 0 Å². The number of carbonyl (C=O) groups excluding carboxylic acids is 1.